The lowest BCUT2D eigenvalue weighted by molar-refractivity contribution is -0.685. The first-order chi connectivity index (χ1) is 6.74. The van der Waals surface area contributed by atoms with Crippen molar-refractivity contribution in [1.29, 1.82) is 0 Å². The molecule has 2 aromatic rings. The Labute approximate surface area is 80.6 Å². The molecule has 2 heterocycles. The van der Waals surface area contributed by atoms with Gasteiger partial charge in [-0.3, -0.25) is 0 Å². The van der Waals surface area contributed by atoms with E-state index in [9.17, 15) is 0 Å². The number of anilines is 1. The second kappa shape index (κ2) is 3.22. The number of fused-ring (bicyclic) bond motifs is 1. The fourth-order valence-electron chi connectivity index (χ4n) is 1.37. The molecule has 0 aliphatic rings. The highest BCUT2D eigenvalue weighted by Gasteiger charge is 2.14. The minimum atomic E-state index is 0.0366. The lowest BCUT2D eigenvalue weighted by Crippen LogP contribution is -2.39. The Bertz CT molecular complexity index is 464. The van der Waals surface area contributed by atoms with Gasteiger partial charge in [0, 0.05) is 7.05 Å². The monoisotopic (exact) mass is 194 g/mol. The van der Waals surface area contributed by atoms with Gasteiger partial charge in [0.1, 0.15) is 0 Å². The molecule has 6 heteroatoms. The summed E-state index contributed by atoms with van der Waals surface area (Å²) in [6.45, 7) is 0.472. The number of nitrogens with two attached hydrogens (primary N) is 1. The smallest absolute Gasteiger partial charge is 0.250 e. The zero-order chi connectivity index (χ0) is 10.1. The Kier molecular flexibility index (Phi) is 2.05. The summed E-state index contributed by atoms with van der Waals surface area (Å²) >= 11 is 0. The molecule has 74 valence electrons. The van der Waals surface area contributed by atoms with Crippen LogP contribution in [0.2, 0.25) is 0 Å². The van der Waals surface area contributed by atoms with Crippen molar-refractivity contribution < 1.29 is 9.67 Å². The normalized spacial score (nSPS) is 11.0. The molecule has 14 heavy (non-hydrogen) atoms. The van der Waals surface area contributed by atoms with Crippen LogP contribution in [0.5, 0.6) is 0 Å². The Balaban J connectivity index is 2.63. The number of nitrogen functional groups attached to an aromatic ring is 1. The van der Waals surface area contributed by atoms with Gasteiger partial charge in [-0.15, -0.1) is 0 Å². The zero-order valence-corrected chi connectivity index (χ0v) is 7.88. The van der Waals surface area contributed by atoms with Crippen LogP contribution in [-0.4, -0.2) is 26.2 Å². The van der Waals surface area contributed by atoms with Crippen LogP contribution in [0.1, 0.15) is 0 Å². The quantitative estimate of drug-likeness (QED) is 0.590. The van der Waals surface area contributed by atoms with Crippen molar-refractivity contribution in [3.05, 3.63) is 12.7 Å². The minimum Gasteiger partial charge on any atom is -0.393 e. The fraction of sp³-hybridized carbons (Fsp3) is 0.375. The van der Waals surface area contributed by atoms with E-state index < -0.39 is 0 Å². The van der Waals surface area contributed by atoms with Crippen LogP contribution in [0, 0.1) is 0 Å². The third-order valence-electron chi connectivity index (χ3n) is 2.12. The van der Waals surface area contributed by atoms with Crippen molar-refractivity contribution in [2.75, 3.05) is 12.3 Å². The van der Waals surface area contributed by atoms with Gasteiger partial charge in [-0.05, 0) is 0 Å². The molecule has 0 aromatic carbocycles. The number of hydrogen-bond acceptors (Lipinski definition) is 4. The maximum atomic E-state index is 8.79. The van der Waals surface area contributed by atoms with Crippen LogP contribution in [0.15, 0.2) is 12.7 Å². The highest BCUT2D eigenvalue weighted by Crippen LogP contribution is 2.11. The second-order valence-electron chi connectivity index (χ2n) is 3.07. The van der Waals surface area contributed by atoms with Crippen LogP contribution in [-0.2, 0) is 13.6 Å². The number of hydrogen-bond donors (Lipinski definition) is 2. The van der Waals surface area contributed by atoms with Crippen molar-refractivity contribution >= 4 is 17.0 Å². The lowest BCUT2D eigenvalue weighted by atomic mass is 10.4. The van der Waals surface area contributed by atoms with E-state index in [-0.39, 0.29) is 6.61 Å². The molecule has 0 spiro atoms. The number of nitrogens with zero attached hydrogens (tertiary/aromatic N) is 4. The van der Waals surface area contributed by atoms with E-state index in [1.807, 2.05) is 7.05 Å². The first-order valence-electron chi connectivity index (χ1n) is 4.30. The van der Waals surface area contributed by atoms with E-state index in [0.717, 1.165) is 5.65 Å². The van der Waals surface area contributed by atoms with Crippen LogP contribution in [0.4, 0.5) is 5.82 Å². The number of aliphatic hydroxyl groups is 1. The minimum absolute atomic E-state index is 0.0366. The average molecular weight is 194 g/mol. The number of rotatable bonds is 2. The van der Waals surface area contributed by atoms with Gasteiger partial charge in [-0.2, -0.15) is 0 Å². The summed E-state index contributed by atoms with van der Waals surface area (Å²) in [7, 11) is 1.86. The van der Waals surface area contributed by atoms with Crippen LogP contribution in [0.3, 0.4) is 0 Å². The summed E-state index contributed by atoms with van der Waals surface area (Å²) in [6.07, 6.45) is 3.27. The SMILES string of the molecule is Cn1cnc2c(N)[n+](CCO)cnc21. The molecular formula is C8H12N5O+. The standard InChI is InChI=1S/C8H11N5O/c1-12-4-10-6-7(9)13(2-3-14)5-11-8(6)12/h4-5,9,14H,2-3H2,1H3/p+1. The van der Waals surface area contributed by atoms with Crippen molar-refractivity contribution in [1.82, 2.24) is 14.5 Å². The van der Waals surface area contributed by atoms with Gasteiger partial charge >= 0.3 is 0 Å². The number of aliphatic hydroxyl groups excluding tert-OH is 1. The van der Waals surface area contributed by atoms with Gasteiger partial charge in [0.05, 0.1) is 19.5 Å². The van der Waals surface area contributed by atoms with E-state index in [0.29, 0.717) is 17.9 Å². The van der Waals surface area contributed by atoms with E-state index in [1.165, 1.54) is 0 Å². The summed E-state index contributed by atoms with van der Waals surface area (Å²) in [5, 5.41) is 8.79. The summed E-state index contributed by atoms with van der Waals surface area (Å²) in [5.74, 6) is 0.532. The van der Waals surface area contributed by atoms with Gasteiger partial charge in [0.2, 0.25) is 12.0 Å². The predicted octanol–water partition coefficient (Wildman–Crippen LogP) is -1.17. The number of aryl methyl sites for hydroxylation is 1. The van der Waals surface area contributed by atoms with E-state index >= 15 is 0 Å². The fourth-order valence-corrected chi connectivity index (χ4v) is 1.37. The van der Waals surface area contributed by atoms with Gasteiger partial charge in [0.25, 0.3) is 5.82 Å². The first kappa shape index (κ1) is 8.89. The molecule has 0 saturated heterocycles. The second-order valence-corrected chi connectivity index (χ2v) is 3.07. The lowest BCUT2D eigenvalue weighted by Gasteiger charge is -2.00. The Hall–Kier alpha value is -1.69. The molecule has 0 amide bonds. The molecule has 2 rings (SSSR count). The highest BCUT2D eigenvalue weighted by molar-refractivity contribution is 5.79. The van der Waals surface area contributed by atoms with E-state index in [1.54, 1.807) is 21.8 Å². The van der Waals surface area contributed by atoms with E-state index in [4.69, 9.17) is 10.8 Å². The van der Waals surface area contributed by atoms with Crippen molar-refractivity contribution in [2.45, 2.75) is 6.54 Å². The summed E-state index contributed by atoms with van der Waals surface area (Å²) in [5.41, 5.74) is 7.27. The third kappa shape index (κ3) is 1.20. The first-order valence-corrected chi connectivity index (χ1v) is 4.30. The van der Waals surface area contributed by atoms with Gasteiger partial charge in [-0.1, -0.05) is 4.98 Å². The largest absolute Gasteiger partial charge is 0.393 e. The maximum Gasteiger partial charge on any atom is 0.250 e. The topological polar surface area (TPSA) is 80.8 Å². The highest BCUT2D eigenvalue weighted by atomic mass is 16.3. The van der Waals surface area contributed by atoms with Crippen molar-refractivity contribution in [3.63, 3.8) is 0 Å². The molecule has 6 nitrogen and oxygen atoms in total. The molecule has 3 N–H and O–H groups in total. The molecule has 2 aromatic heterocycles. The number of imidazole rings is 1. The summed E-state index contributed by atoms with van der Waals surface area (Å²) < 4.78 is 3.48. The number of aromatic nitrogens is 4. The molecule has 0 aliphatic heterocycles. The summed E-state index contributed by atoms with van der Waals surface area (Å²) in [4.78, 5) is 8.33. The van der Waals surface area contributed by atoms with Gasteiger partial charge in [0.15, 0.2) is 5.52 Å². The van der Waals surface area contributed by atoms with Crippen LogP contribution in [0.25, 0.3) is 11.2 Å². The average Bonchev–Trinajstić information content (AvgIpc) is 2.54. The van der Waals surface area contributed by atoms with Crippen molar-refractivity contribution in [3.8, 4) is 0 Å². The van der Waals surface area contributed by atoms with Crippen molar-refractivity contribution in [2.24, 2.45) is 7.05 Å². The van der Waals surface area contributed by atoms with Gasteiger partial charge in [-0.25, -0.2) is 9.55 Å². The Morgan fingerprint density at radius 2 is 2.36 bits per heavy atom. The van der Waals surface area contributed by atoms with Crippen LogP contribution < -0.4 is 10.3 Å². The molecular weight excluding hydrogens is 182 g/mol. The third-order valence-corrected chi connectivity index (χ3v) is 2.12. The molecule has 0 saturated carbocycles. The van der Waals surface area contributed by atoms with E-state index in [2.05, 4.69) is 9.97 Å². The zero-order valence-electron chi connectivity index (χ0n) is 7.88. The molecule has 0 fully saturated rings. The Morgan fingerprint density at radius 3 is 3.07 bits per heavy atom. The predicted molar refractivity (Wildman–Crippen MR) is 50.2 cm³/mol. The maximum absolute atomic E-state index is 8.79. The molecule has 0 aliphatic carbocycles. The van der Waals surface area contributed by atoms with Crippen LogP contribution >= 0.6 is 0 Å². The molecule has 0 bridgehead atoms. The molecule has 0 atom stereocenters. The summed E-state index contributed by atoms with van der Waals surface area (Å²) in [6, 6.07) is 0. The molecule has 0 radical (unpaired) electrons. The molecule has 0 unspecified atom stereocenters. The van der Waals surface area contributed by atoms with Gasteiger partial charge < -0.3 is 15.4 Å². The Morgan fingerprint density at radius 1 is 1.57 bits per heavy atom.